The molecule has 1 N–H and O–H groups in total. The van der Waals surface area contributed by atoms with Crippen LogP contribution in [0.4, 0.5) is 0 Å². The molecule has 31 heavy (non-hydrogen) atoms. The predicted molar refractivity (Wildman–Crippen MR) is 122 cm³/mol. The van der Waals surface area contributed by atoms with Crippen molar-refractivity contribution in [3.63, 3.8) is 0 Å². The zero-order chi connectivity index (χ0) is 21.8. The van der Waals surface area contributed by atoms with Crippen LogP contribution in [0.15, 0.2) is 57.8 Å². The van der Waals surface area contributed by atoms with Crippen LogP contribution in [0.2, 0.25) is 0 Å². The van der Waals surface area contributed by atoms with Crippen molar-refractivity contribution in [1.82, 2.24) is 10.3 Å². The minimum Gasteiger partial charge on any atom is -0.441 e. The van der Waals surface area contributed by atoms with E-state index in [4.69, 9.17) is 4.42 Å². The van der Waals surface area contributed by atoms with Gasteiger partial charge in [0, 0.05) is 22.1 Å². The zero-order valence-corrected chi connectivity index (χ0v) is 18.8. The third-order valence-corrected chi connectivity index (χ3v) is 7.11. The van der Waals surface area contributed by atoms with E-state index in [-0.39, 0.29) is 11.9 Å². The van der Waals surface area contributed by atoms with Gasteiger partial charge in [0.05, 0.1) is 22.2 Å². The normalized spacial score (nSPS) is 15.5. The Morgan fingerprint density at radius 1 is 1.03 bits per heavy atom. The average Bonchev–Trinajstić information content (AvgIpc) is 3.15. The number of amides is 1. The second-order valence-electron chi connectivity index (χ2n) is 8.21. The van der Waals surface area contributed by atoms with Gasteiger partial charge in [-0.3, -0.25) is 9.00 Å². The van der Waals surface area contributed by atoms with E-state index in [1.807, 2.05) is 50.2 Å². The van der Waals surface area contributed by atoms with Gasteiger partial charge in [-0.05, 0) is 63.1 Å². The van der Waals surface area contributed by atoms with Crippen LogP contribution in [0.25, 0.3) is 11.5 Å². The van der Waals surface area contributed by atoms with Gasteiger partial charge in [-0.2, -0.15) is 0 Å². The van der Waals surface area contributed by atoms with Crippen LogP contribution in [-0.4, -0.2) is 21.1 Å². The lowest BCUT2D eigenvalue weighted by Gasteiger charge is -2.22. The molecule has 1 atom stereocenters. The second-order valence-corrected chi connectivity index (χ2v) is 9.66. The van der Waals surface area contributed by atoms with Crippen LogP contribution in [0.1, 0.15) is 59.5 Å². The Hall–Kier alpha value is -2.73. The van der Waals surface area contributed by atoms with E-state index < -0.39 is 10.8 Å². The fraction of sp³-hybridized carbons (Fsp3) is 0.360. The molecule has 1 aliphatic carbocycles. The average molecular weight is 437 g/mol. The molecule has 3 aromatic rings. The van der Waals surface area contributed by atoms with Gasteiger partial charge < -0.3 is 9.73 Å². The van der Waals surface area contributed by atoms with Gasteiger partial charge in [-0.25, -0.2) is 4.98 Å². The highest BCUT2D eigenvalue weighted by Gasteiger charge is 2.18. The number of hydrogen-bond acceptors (Lipinski definition) is 4. The molecule has 0 aliphatic heterocycles. The van der Waals surface area contributed by atoms with E-state index in [9.17, 15) is 9.00 Å². The van der Waals surface area contributed by atoms with E-state index >= 15 is 0 Å². The summed E-state index contributed by atoms with van der Waals surface area (Å²) < 4.78 is 18.5. The van der Waals surface area contributed by atoms with Crippen molar-refractivity contribution in [2.24, 2.45) is 0 Å². The van der Waals surface area contributed by atoms with Gasteiger partial charge in [0.25, 0.3) is 5.91 Å². The van der Waals surface area contributed by atoms with Crippen molar-refractivity contribution >= 4 is 16.7 Å². The number of carbonyl (C=O) groups is 1. The first-order chi connectivity index (χ1) is 15.0. The minimum atomic E-state index is -1.19. The summed E-state index contributed by atoms with van der Waals surface area (Å²) in [7, 11) is -1.19. The zero-order valence-electron chi connectivity index (χ0n) is 18.0. The Balaban J connectivity index is 1.43. The predicted octanol–water partition coefficient (Wildman–Crippen LogP) is 5.33. The Morgan fingerprint density at radius 2 is 1.71 bits per heavy atom. The van der Waals surface area contributed by atoms with Gasteiger partial charge in [0.1, 0.15) is 5.76 Å². The molecule has 1 unspecified atom stereocenters. The summed E-state index contributed by atoms with van der Waals surface area (Å²) >= 11 is 0. The van der Waals surface area contributed by atoms with Gasteiger partial charge in [-0.15, -0.1) is 0 Å². The molecule has 1 fully saturated rings. The Morgan fingerprint density at radius 3 is 2.39 bits per heavy atom. The van der Waals surface area contributed by atoms with Crippen molar-refractivity contribution in [3.8, 4) is 11.5 Å². The molecule has 4 rings (SSSR count). The Bertz CT molecular complexity index is 1070. The standard InChI is InChI=1S/C25H28N2O3S/c1-17-8-14-22(15-9-17)31(29)16-23-18(2)30-25(27-23)20-12-10-19(11-13-20)24(28)26-21-6-4-3-5-7-21/h8-15,21H,3-7,16H2,1-2H3,(H,26,28). The van der Waals surface area contributed by atoms with Gasteiger partial charge in [0.2, 0.25) is 5.89 Å². The molecule has 162 valence electrons. The topological polar surface area (TPSA) is 72.2 Å². The maximum absolute atomic E-state index is 12.7. The molecule has 0 bridgehead atoms. The summed E-state index contributed by atoms with van der Waals surface area (Å²) in [6.07, 6.45) is 5.75. The number of carbonyl (C=O) groups excluding carboxylic acids is 1. The van der Waals surface area contributed by atoms with Crippen molar-refractivity contribution in [1.29, 1.82) is 0 Å². The number of rotatable bonds is 6. The SMILES string of the molecule is Cc1ccc(S(=O)Cc2nc(-c3ccc(C(=O)NC4CCCCC4)cc3)oc2C)cc1. The second kappa shape index (κ2) is 9.60. The molecule has 0 spiro atoms. The quantitative estimate of drug-likeness (QED) is 0.567. The summed E-state index contributed by atoms with van der Waals surface area (Å²) in [4.78, 5) is 17.9. The molecule has 1 aromatic heterocycles. The molecule has 1 amide bonds. The van der Waals surface area contributed by atoms with E-state index in [1.165, 1.54) is 19.3 Å². The molecule has 5 nitrogen and oxygen atoms in total. The van der Waals surface area contributed by atoms with E-state index in [1.54, 1.807) is 12.1 Å². The Labute approximate surface area is 185 Å². The number of hydrogen-bond donors (Lipinski definition) is 1. The summed E-state index contributed by atoms with van der Waals surface area (Å²) in [5.41, 5.74) is 3.26. The molecule has 1 aliphatic rings. The molecule has 0 radical (unpaired) electrons. The lowest BCUT2D eigenvalue weighted by atomic mass is 9.95. The van der Waals surface area contributed by atoms with Crippen LogP contribution in [-0.2, 0) is 16.6 Å². The minimum absolute atomic E-state index is 0.0313. The van der Waals surface area contributed by atoms with Gasteiger partial charge >= 0.3 is 0 Å². The largest absolute Gasteiger partial charge is 0.441 e. The first-order valence-corrected chi connectivity index (χ1v) is 12.1. The van der Waals surface area contributed by atoms with E-state index in [0.717, 1.165) is 28.9 Å². The number of oxazole rings is 1. The molecule has 1 saturated carbocycles. The number of nitrogens with zero attached hydrogens (tertiary/aromatic N) is 1. The van der Waals surface area contributed by atoms with Crippen LogP contribution >= 0.6 is 0 Å². The first-order valence-electron chi connectivity index (χ1n) is 10.8. The highest BCUT2D eigenvalue weighted by Crippen LogP contribution is 2.24. The molecule has 1 heterocycles. The maximum atomic E-state index is 12.7. The monoisotopic (exact) mass is 436 g/mol. The van der Waals surface area contributed by atoms with Crippen LogP contribution in [0.5, 0.6) is 0 Å². The van der Waals surface area contributed by atoms with Gasteiger partial charge in [0.15, 0.2) is 0 Å². The molecule has 2 aromatic carbocycles. The number of nitrogens with one attached hydrogen (secondary N) is 1. The van der Waals surface area contributed by atoms with Crippen LogP contribution < -0.4 is 5.32 Å². The third-order valence-electron chi connectivity index (χ3n) is 5.78. The van der Waals surface area contributed by atoms with Crippen molar-refractivity contribution in [2.45, 2.75) is 62.6 Å². The first kappa shape index (κ1) is 21.5. The summed E-state index contributed by atoms with van der Waals surface area (Å²) in [6, 6.07) is 15.3. The fourth-order valence-corrected chi connectivity index (χ4v) is 4.99. The number of aryl methyl sites for hydroxylation is 2. The molecular weight excluding hydrogens is 408 g/mol. The van der Waals surface area contributed by atoms with Gasteiger partial charge in [-0.1, -0.05) is 37.0 Å². The summed E-state index contributed by atoms with van der Waals surface area (Å²) in [5.74, 6) is 1.42. The molecular formula is C25H28N2O3S. The molecule has 0 saturated heterocycles. The number of aromatic nitrogens is 1. The lowest BCUT2D eigenvalue weighted by molar-refractivity contribution is 0.0927. The number of benzene rings is 2. The van der Waals surface area contributed by atoms with Crippen molar-refractivity contribution < 1.29 is 13.4 Å². The van der Waals surface area contributed by atoms with Crippen LogP contribution in [0.3, 0.4) is 0 Å². The Kier molecular flexibility index (Phi) is 6.66. The lowest BCUT2D eigenvalue weighted by Crippen LogP contribution is -2.36. The van der Waals surface area contributed by atoms with Crippen LogP contribution in [0, 0.1) is 13.8 Å². The van der Waals surface area contributed by atoms with E-state index in [2.05, 4.69) is 10.3 Å². The third kappa shape index (κ3) is 5.31. The van der Waals surface area contributed by atoms with Crippen molar-refractivity contribution in [3.05, 3.63) is 71.1 Å². The highest BCUT2D eigenvalue weighted by molar-refractivity contribution is 7.84. The molecule has 6 heteroatoms. The summed E-state index contributed by atoms with van der Waals surface area (Å²) in [5, 5.41) is 3.14. The van der Waals surface area contributed by atoms with Crippen molar-refractivity contribution in [2.75, 3.05) is 0 Å². The maximum Gasteiger partial charge on any atom is 0.251 e. The summed E-state index contributed by atoms with van der Waals surface area (Å²) in [6.45, 7) is 3.84. The van der Waals surface area contributed by atoms with E-state index in [0.29, 0.717) is 28.7 Å². The smallest absolute Gasteiger partial charge is 0.251 e. The highest BCUT2D eigenvalue weighted by atomic mass is 32.2. The fourth-order valence-electron chi connectivity index (χ4n) is 3.86.